The summed E-state index contributed by atoms with van der Waals surface area (Å²) in [5.74, 6) is -0.461. The molecule has 0 aliphatic carbocycles. The predicted octanol–water partition coefficient (Wildman–Crippen LogP) is 1.13. The van der Waals surface area contributed by atoms with Gasteiger partial charge in [-0.1, -0.05) is 0 Å². The summed E-state index contributed by atoms with van der Waals surface area (Å²) in [6, 6.07) is 0.200. The normalized spacial score (nSPS) is 21.0. The van der Waals surface area contributed by atoms with Crippen molar-refractivity contribution in [1.82, 2.24) is 5.32 Å². The molecule has 102 valence electrons. The van der Waals surface area contributed by atoms with Gasteiger partial charge in [-0.05, 0) is 27.7 Å². The highest BCUT2D eigenvalue weighted by Gasteiger charge is 2.28. The Hall–Kier alpha value is -0.200. The number of nitrogens with one attached hydrogen (secondary N) is 1. The summed E-state index contributed by atoms with van der Waals surface area (Å²) in [5, 5.41) is 3.33. The van der Waals surface area contributed by atoms with Gasteiger partial charge in [0.1, 0.15) is 0 Å². The van der Waals surface area contributed by atoms with E-state index in [0.717, 1.165) is 0 Å². The van der Waals surface area contributed by atoms with Gasteiger partial charge in [-0.3, -0.25) is 0 Å². The first-order valence-corrected chi connectivity index (χ1v) is 6.32. The van der Waals surface area contributed by atoms with Crippen LogP contribution < -0.4 is 5.32 Å². The molecule has 1 fully saturated rings. The molecule has 1 N–H and O–H groups in total. The molecule has 0 aromatic rings. The first-order valence-electron chi connectivity index (χ1n) is 6.32. The van der Waals surface area contributed by atoms with Gasteiger partial charge in [0, 0.05) is 19.8 Å². The third kappa shape index (κ3) is 5.79. The lowest BCUT2D eigenvalue weighted by Gasteiger charge is -2.35. The minimum absolute atomic E-state index is 0.195. The van der Waals surface area contributed by atoms with Crippen LogP contribution in [0.4, 0.5) is 0 Å². The molecule has 0 aromatic carbocycles. The van der Waals surface area contributed by atoms with E-state index in [0.29, 0.717) is 33.0 Å². The molecule has 0 bridgehead atoms. The fourth-order valence-corrected chi connectivity index (χ4v) is 1.61. The molecular weight excluding hydrogens is 222 g/mol. The maximum Gasteiger partial charge on any atom is 0.169 e. The van der Waals surface area contributed by atoms with Gasteiger partial charge in [-0.15, -0.1) is 0 Å². The van der Waals surface area contributed by atoms with Crippen LogP contribution in [0.15, 0.2) is 0 Å². The van der Waals surface area contributed by atoms with Crippen molar-refractivity contribution in [2.45, 2.75) is 45.8 Å². The van der Waals surface area contributed by atoms with Crippen molar-refractivity contribution >= 4 is 0 Å². The first-order chi connectivity index (χ1) is 8.07. The van der Waals surface area contributed by atoms with Crippen molar-refractivity contribution in [2.24, 2.45) is 0 Å². The van der Waals surface area contributed by atoms with E-state index in [4.69, 9.17) is 18.9 Å². The van der Waals surface area contributed by atoms with E-state index in [9.17, 15) is 0 Å². The topological polar surface area (TPSA) is 49.0 Å². The van der Waals surface area contributed by atoms with Gasteiger partial charge in [-0.25, -0.2) is 0 Å². The molecular formula is C12H25NO4. The second-order valence-electron chi connectivity index (χ2n) is 4.47. The molecule has 0 spiro atoms. The molecule has 1 saturated heterocycles. The first kappa shape index (κ1) is 14.9. The molecule has 1 heterocycles. The predicted molar refractivity (Wildman–Crippen MR) is 64.8 cm³/mol. The highest BCUT2D eigenvalue weighted by molar-refractivity contribution is 4.73. The van der Waals surface area contributed by atoms with Gasteiger partial charge in [0.2, 0.25) is 0 Å². The Morgan fingerprint density at radius 2 is 1.71 bits per heavy atom. The van der Waals surface area contributed by atoms with Crippen LogP contribution in [-0.2, 0) is 18.9 Å². The molecule has 0 aromatic heterocycles. The van der Waals surface area contributed by atoms with Crippen LogP contribution in [0.3, 0.4) is 0 Å². The zero-order valence-electron chi connectivity index (χ0n) is 11.3. The van der Waals surface area contributed by atoms with E-state index >= 15 is 0 Å². The third-order valence-corrected chi connectivity index (χ3v) is 2.54. The third-order valence-electron chi connectivity index (χ3n) is 2.54. The van der Waals surface area contributed by atoms with Crippen LogP contribution in [0.25, 0.3) is 0 Å². The molecule has 0 atom stereocenters. The zero-order chi connectivity index (χ0) is 12.7. The van der Waals surface area contributed by atoms with Gasteiger partial charge < -0.3 is 24.3 Å². The van der Waals surface area contributed by atoms with Crippen molar-refractivity contribution in [2.75, 3.05) is 33.0 Å². The minimum atomic E-state index is -0.461. The second-order valence-corrected chi connectivity index (χ2v) is 4.47. The lowest BCUT2D eigenvalue weighted by atomic mass is 10.2. The molecule has 1 aliphatic heterocycles. The number of hydrogen-bond donors (Lipinski definition) is 1. The molecule has 17 heavy (non-hydrogen) atoms. The average molecular weight is 247 g/mol. The Balaban J connectivity index is 2.21. The Morgan fingerprint density at radius 3 is 2.18 bits per heavy atom. The summed E-state index contributed by atoms with van der Waals surface area (Å²) < 4.78 is 22.0. The Labute approximate surface area is 104 Å². The van der Waals surface area contributed by atoms with Gasteiger partial charge in [0.25, 0.3) is 0 Å². The van der Waals surface area contributed by atoms with E-state index < -0.39 is 5.79 Å². The Kier molecular flexibility index (Phi) is 6.37. The standard InChI is InChI=1S/C12H25NO4/c1-5-14-11(15-6-2)7-13-10-8-16-12(3,4)17-9-10/h10-11,13H,5-9H2,1-4H3. The quantitative estimate of drug-likeness (QED) is 0.683. The molecule has 5 heteroatoms. The highest BCUT2D eigenvalue weighted by Crippen LogP contribution is 2.16. The second kappa shape index (κ2) is 7.28. The minimum Gasteiger partial charge on any atom is -0.352 e. The van der Waals surface area contributed by atoms with Crippen LogP contribution in [0.2, 0.25) is 0 Å². The van der Waals surface area contributed by atoms with Crippen LogP contribution in [0.5, 0.6) is 0 Å². The van der Waals surface area contributed by atoms with Gasteiger partial charge >= 0.3 is 0 Å². The largest absolute Gasteiger partial charge is 0.352 e. The zero-order valence-corrected chi connectivity index (χ0v) is 11.3. The molecule has 1 aliphatic rings. The SMILES string of the molecule is CCOC(CNC1COC(C)(C)OC1)OCC. The van der Waals surface area contributed by atoms with E-state index in [1.165, 1.54) is 0 Å². The van der Waals surface area contributed by atoms with Gasteiger partial charge in [0.15, 0.2) is 12.1 Å². The maximum atomic E-state index is 5.56. The van der Waals surface area contributed by atoms with E-state index in [1.807, 2.05) is 27.7 Å². The fourth-order valence-electron chi connectivity index (χ4n) is 1.61. The van der Waals surface area contributed by atoms with Crippen LogP contribution in [-0.4, -0.2) is 51.1 Å². The molecule has 0 unspecified atom stereocenters. The summed E-state index contributed by atoms with van der Waals surface area (Å²) in [7, 11) is 0. The summed E-state index contributed by atoms with van der Waals surface area (Å²) >= 11 is 0. The van der Waals surface area contributed by atoms with Crippen molar-refractivity contribution in [3.8, 4) is 0 Å². The van der Waals surface area contributed by atoms with Crippen molar-refractivity contribution in [3.63, 3.8) is 0 Å². The lowest BCUT2D eigenvalue weighted by Crippen LogP contribution is -2.50. The Bertz CT molecular complexity index is 195. The van der Waals surface area contributed by atoms with Gasteiger partial charge in [-0.2, -0.15) is 0 Å². The molecule has 0 saturated carbocycles. The summed E-state index contributed by atoms with van der Waals surface area (Å²) in [6.45, 7) is 11.0. The van der Waals surface area contributed by atoms with E-state index in [-0.39, 0.29) is 12.3 Å². The van der Waals surface area contributed by atoms with Crippen LogP contribution >= 0.6 is 0 Å². The van der Waals surface area contributed by atoms with Gasteiger partial charge in [0.05, 0.1) is 19.3 Å². The summed E-state index contributed by atoms with van der Waals surface area (Å²) in [4.78, 5) is 0. The molecule has 0 radical (unpaired) electrons. The van der Waals surface area contributed by atoms with E-state index in [1.54, 1.807) is 0 Å². The number of hydrogen-bond acceptors (Lipinski definition) is 5. The highest BCUT2D eigenvalue weighted by atomic mass is 16.7. The maximum absolute atomic E-state index is 5.56. The van der Waals surface area contributed by atoms with Crippen molar-refractivity contribution in [1.29, 1.82) is 0 Å². The average Bonchev–Trinajstić information content (AvgIpc) is 2.28. The lowest BCUT2D eigenvalue weighted by molar-refractivity contribution is -0.254. The molecule has 5 nitrogen and oxygen atoms in total. The van der Waals surface area contributed by atoms with Crippen LogP contribution in [0, 0.1) is 0 Å². The van der Waals surface area contributed by atoms with Crippen molar-refractivity contribution in [3.05, 3.63) is 0 Å². The smallest absolute Gasteiger partial charge is 0.169 e. The number of rotatable bonds is 7. The summed E-state index contributed by atoms with van der Waals surface area (Å²) in [6.07, 6.45) is -0.195. The monoisotopic (exact) mass is 247 g/mol. The van der Waals surface area contributed by atoms with E-state index in [2.05, 4.69) is 5.32 Å². The Morgan fingerprint density at radius 1 is 1.18 bits per heavy atom. The summed E-state index contributed by atoms with van der Waals surface area (Å²) in [5.41, 5.74) is 0. The molecule has 1 rings (SSSR count). The van der Waals surface area contributed by atoms with Crippen molar-refractivity contribution < 1.29 is 18.9 Å². The molecule has 0 amide bonds. The fraction of sp³-hybridized carbons (Fsp3) is 1.00. The number of ether oxygens (including phenoxy) is 4. The van der Waals surface area contributed by atoms with Crippen LogP contribution in [0.1, 0.15) is 27.7 Å².